The number of anilines is 1. The molecule has 218 valence electrons. The molecule has 1 saturated carbocycles. The number of amides is 2. The third-order valence-corrected chi connectivity index (χ3v) is 9.59. The first kappa shape index (κ1) is 31.2. The fraction of sp³-hybridized carbons (Fsp3) is 0.333. The van der Waals surface area contributed by atoms with Gasteiger partial charge in [0.05, 0.1) is 10.6 Å². The highest BCUT2D eigenvalue weighted by atomic mass is 35.5. The first-order valence-corrected chi connectivity index (χ1v) is 15.9. The van der Waals surface area contributed by atoms with E-state index in [0.717, 1.165) is 35.6 Å². The molecule has 11 heteroatoms. The smallest absolute Gasteiger partial charge is 0.264 e. The van der Waals surface area contributed by atoms with E-state index < -0.39 is 28.5 Å². The number of nitrogens with zero attached hydrogens (tertiary/aromatic N) is 2. The minimum Gasteiger partial charge on any atom is -0.352 e. The second-order valence-electron chi connectivity index (χ2n) is 10.3. The number of hydrogen-bond acceptors (Lipinski definition) is 4. The van der Waals surface area contributed by atoms with Crippen LogP contribution in [0.25, 0.3) is 0 Å². The van der Waals surface area contributed by atoms with Crippen molar-refractivity contribution in [2.24, 2.45) is 0 Å². The topological polar surface area (TPSA) is 86.8 Å². The maximum absolute atomic E-state index is 14.0. The van der Waals surface area contributed by atoms with Gasteiger partial charge in [-0.15, -0.1) is 0 Å². The summed E-state index contributed by atoms with van der Waals surface area (Å²) in [6.45, 7) is 2.95. The van der Waals surface area contributed by atoms with Crippen LogP contribution in [-0.2, 0) is 26.2 Å². The summed E-state index contributed by atoms with van der Waals surface area (Å²) in [5.41, 5.74) is 1.71. The average molecular weight is 637 g/mol. The van der Waals surface area contributed by atoms with Crippen molar-refractivity contribution in [2.45, 2.75) is 63.1 Å². The quantitative estimate of drug-likeness (QED) is 0.271. The number of sulfonamides is 1. The van der Waals surface area contributed by atoms with E-state index in [1.165, 1.54) is 35.2 Å². The van der Waals surface area contributed by atoms with Gasteiger partial charge < -0.3 is 10.2 Å². The summed E-state index contributed by atoms with van der Waals surface area (Å²) in [4.78, 5) is 28.7. The van der Waals surface area contributed by atoms with Crippen molar-refractivity contribution in [3.05, 3.63) is 92.9 Å². The van der Waals surface area contributed by atoms with Crippen LogP contribution >= 0.6 is 34.8 Å². The van der Waals surface area contributed by atoms with Crippen molar-refractivity contribution >= 4 is 62.3 Å². The van der Waals surface area contributed by atoms with Crippen molar-refractivity contribution in [3.63, 3.8) is 0 Å². The first-order chi connectivity index (χ1) is 19.4. The molecule has 0 aromatic heterocycles. The molecule has 0 aliphatic heterocycles. The van der Waals surface area contributed by atoms with Gasteiger partial charge in [0.2, 0.25) is 11.8 Å². The molecule has 0 bridgehead atoms. The predicted molar refractivity (Wildman–Crippen MR) is 164 cm³/mol. The van der Waals surface area contributed by atoms with Gasteiger partial charge in [0.15, 0.2) is 0 Å². The Morgan fingerprint density at radius 3 is 2.17 bits per heavy atom. The van der Waals surface area contributed by atoms with E-state index in [4.69, 9.17) is 34.8 Å². The lowest BCUT2D eigenvalue weighted by Crippen LogP contribution is -2.52. The summed E-state index contributed by atoms with van der Waals surface area (Å²) in [6.07, 6.45) is 3.86. The molecule has 0 heterocycles. The maximum Gasteiger partial charge on any atom is 0.264 e. The minimum absolute atomic E-state index is 0.000383. The number of aryl methyl sites for hydroxylation is 1. The van der Waals surface area contributed by atoms with Gasteiger partial charge in [-0.3, -0.25) is 13.9 Å². The largest absolute Gasteiger partial charge is 0.352 e. The predicted octanol–water partition coefficient (Wildman–Crippen LogP) is 6.63. The van der Waals surface area contributed by atoms with Crippen molar-refractivity contribution in [1.29, 1.82) is 0 Å². The monoisotopic (exact) mass is 635 g/mol. The van der Waals surface area contributed by atoms with Gasteiger partial charge in [0.1, 0.15) is 12.6 Å². The highest BCUT2D eigenvalue weighted by molar-refractivity contribution is 7.92. The van der Waals surface area contributed by atoms with E-state index >= 15 is 0 Å². The third-order valence-electron chi connectivity index (χ3n) is 7.13. The Morgan fingerprint density at radius 2 is 1.56 bits per heavy atom. The SMILES string of the molecule is Cc1ccc(S(=O)(=O)N(CC(=O)N(Cc2cccc(Cl)c2)[C@H](C)C(=O)NC2CCCC2)c2cc(Cl)cc(Cl)c2)cc1. The van der Waals surface area contributed by atoms with E-state index in [9.17, 15) is 18.0 Å². The molecule has 0 unspecified atom stereocenters. The molecule has 0 radical (unpaired) electrons. The van der Waals surface area contributed by atoms with Gasteiger partial charge in [0.25, 0.3) is 10.0 Å². The molecular formula is C30H32Cl3N3O4S. The molecule has 3 aromatic rings. The fourth-order valence-corrected chi connectivity index (χ4v) is 6.98. The molecule has 1 aliphatic rings. The van der Waals surface area contributed by atoms with Gasteiger partial charge in [-0.1, -0.05) is 77.5 Å². The van der Waals surface area contributed by atoms with E-state index in [1.54, 1.807) is 43.3 Å². The van der Waals surface area contributed by atoms with Crippen LogP contribution in [0.5, 0.6) is 0 Å². The molecule has 41 heavy (non-hydrogen) atoms. The van der Waals surface area contributed by atoms with Crippen LogP contribution in [0.15, 0.2) is 71.6 Å². The van der Waals surface area contributed by atoms with Crippen LogP contribution in [0, 0.1) is 6.92 Å². The van der Waals surface area contributed by atoms with Crippen LogP contribution in [-0.4, -0.2) is 43.8 Å². The Morgan fingerprint density at radius 1 is 0.927 bits per heavy atom. The normalized spacial score (nSPS) is 14.5. The number of carbonyl (C=O) groups is 2. The summed E-state index contributed by atoms with van der Waals surface area (Å²) in [7, 11) is -4.23. The van der Waals surface area contributed by atoms with Crippen LogP contribution < -0.4 is 9.62 Å². The summed E-state index contributed by atoms with van der Waals surface area (Å²) >= 11 is 18.7. The van der Waals surface area contributed by atoms with Gasteiger partial charge >= 0.3 is 0 Å². The molecule has 3 aromatic carbocycles. The standard InChI is InChI=1S/C30H32Cl3N3O4S/c1-20-10-12-28(13-11-20)41(39,40)36(27-16-24(32)15-25(33)17-27)19-29(37)35(18-22-6-5-7-23(31)14-22)21(2)30(38)34-26-8-3-4-9-26/h5-7,10-17,21,26H,3-4,8-9,18-19H2,1-2H3,(H,34,38)/t21-/m1/s1. The van der Waals surface area contributed by atoms with Crippen molar-refractivity contribution in [1.82, 2.24) is 10.2 Å². The van der Waals surface area contributed by atoms with Gasteiger partial charge in [-0.05, 0) is 74.7 Å². The van der Waals surface area contributed by atoms with E-state index in [0.29, 0.717) is 10.6 Å². The summed E-state index contributed by atoms with van der Waals surface area (Å²) in [5, 5.41) is 3.95. The van der Waals surface area contributed by atoms with Gasteiger partial charge in [0, 0.05) is 27.7 Å². The Labute approximate surface area is 256 Å². The van der Waals surface area contributed by atoms with E-state index in [-0.39, 0.29) is 39.1 Å². The zero-order valence-corrected chi connectivity index (χ0v) is 25.9. The Balaban J connectivity index is 1.71. The first-order valence-electron chi connectivity index (χ1n) is 13.3. The number of carbonyl (C=O) groups excluding carboxylic acids is 2. The maximum atomic E-state index is 14.0. The van der Waals surface area contributed by atoms with Crippen LogP contribution in [0.1, 0.15) is 43.7 Å². The van der Waals surface area contributed by atoms with E-state index in [2.05, 4.69) is 5.32 Å². The second kappa shape index (κ2) is 13.5. The fourth-order valence-electron chi connectivity index (χ4n) is 4.86. The highest BCUT2D eigenvalue weighted by Crippen LogP contribution is 2.30. The minimum atomic E-state index is -4.23. The lowest BCUT2D eigenvalue weighted by Gasteiger charge is -2.32. The lowest BCUT2D eigenvalue weighted by atomic mass is 10.1. The molecule has 0 spiro atoms. The Bertz CT molecular complexity index is 1490. The molecule has 1 atom stereocenters. The molecule has 7 nitrogen and oxygen atoms in total. The number of halogens is 3. The van der Waals surface area contributed by atoms with Crippen molar-refractivity contribution in [2.75, 3.05) is 10.8 Å². The number of rotatable bonds is 10. The molecule has 1 fully saturated rings. The highest BCUT2D eigenvalue weighted by Gasteiger charge is 2.33. The van der Waals surface area contributed by atoms with Crippen molar-refractivity contribution < 1.29 is 18.0 Å². The summed E-state index contributed by atoms with van der Waals surface area (Å²) in [5.74, 6) is -0.878. The molecule has 2 amide bonds. The second-order valence-corrected chi connectivity index (χ2v) is 13.4. The molecule has 1 aliphatic carbocycles. The number of benzene rings is 3. The Hall–Kier alpha value is -2.78. The van der Waals surface area contributed by atoms with Gasteiger partial charge in [-0.25, -0.2) is 8.42 Å². The van der Waals surface area contributed by atoms with Crippen LogP contribution in [0.2, 0.25) is 15.1 Å². The van der Waals surface area contributed by atoms with Crippen molar-refractivity contribution in [3.8, 4) is 0 Å². The Kier molecular flexibility index (Phi) is 10.2. The zero-order valence-electron chi connectivity index (χ0n) is 22.8. The average Bonchev–Trinajstić information content (AvgIpc) is 3.42. The summed E-state index contributed by atoms with van der Waals surface area (Å²) < 4.78 is 28.8. The lowest BCUT2D eigenvalue weighted by molar-refractivity contribution is -0.139. The molecule has 0 saturated heterocycles. The summed E-state index contributed by atoms with van der Waals surface area (Å²) in [6, 6.07) is 16.8. The molecule has 1 N–H and O–H groups in total. The van der Waals surface area contributed by atoms with Crippen LogP contribution in [0.3, 0.4) is 0 Å². The van der Waals surface area contributed by atoms with Gasteiger partial charge in [-0.2, -0.15) is 0 Å². The number of nitrogens with one attached hydrogen (secondary N) is 1. The molecule has 4 rings (SSSR count). The third kappa shape index (κ3) is 7.95. The zero-order chi connectivity index (χ0) is 29.7. The molecular weight excluding hydrogens is 605 g/mol. The van der Waals surface area contributed by atoms with E-state index in [1.807, 2.05) is 6.92 Å². The number of hydrogen-bond donors (Lipinski definition) is 1. The van der Waals surface area contributed by atoms with Crippen LogP contribution in [0.4, 0.5) is 5.69 Å².